The summed E-state index contributed by atoms with van der Waals surface area (Å²) in [4.78, 5) is 12.8. The van der Waals surface area contributed by atoms with E-state index in [0.717, 1.165) is 12.2 Å². The largest absolute Gasteiger partial charge is 0.490 e. The van der Waals surface area contributed by atoms with Gasteiger partial charge in [-0.05, 0) is 38.0 Å². The number of ketones is 1. The summed E-state index contributed by atoms with van der Waals surface area (Å²) >= 11 is 0. The number of hydrogen-bond donors (Lipinski definition) is 0. The fourth-order valence-electron chi connectivity index (χ4n) is 3.23. The zero-order chi connectivity index (χ0) is 15.0. The lowest BCUT2D eigenvalue weighted by Gasteiger charge is -2.18. The fraction of sp³-hybridized carbons (Fsp3) is 0.588. The maximum atomic E-state index is 12.8. The van der Waals surface area contributed by atoms with Gasteiger partial charge in [-0.25, -0.2) is 0 Å². The number of carbonyl (C=O) groups excluding carboxylic acids is 1. The van der Waals surface area contributed by atoms with Crippen molar-refractivity contribution in [3.05, 3.63) is 23.8 Å². The van der Waals surface area contributed by atoms with E-state index in [1.807, 2.05) is 32.0 Å². The number of hydrogen-bond acceptors (Lipinski definition) is 4. The molecule has 0 bridgehead atoms. The molecule has 1 saturated heterocycles. The van der Waals surface area contributed by atoms with Gasteiger partial charge in [0.15, 0.2) is 17.3 Å². The third-order valence-electron chi connectivity index (χ3n) is 4.58. The van der Waals surface area contributed by atoms with Crippen LogP contribution in [0.5, 0.6) is 11.5 Å². The number of rotatable bonds is 2. The molecule has 1 aromatic rings. The van der Waals surface area contributed by atoms with Crippen LogP contribution in [0.25, 0.3) is 0 Å². The van der Waals surface area contributed by atoms with Crippen LogP contribution in [0, 0.1) is 11.8 Å². The Morgan fingerprint density at radius 2 is 1.76 bits per heavy atom. The fourth-order valence-corrected chi connectivity index (χ4v) is 3.23. The van der Waals surface area contributed by atoms with Crippen LogP contribution < -0.4 is 9.47 Å². The molecule has 0 N–H and O–H groups in total. The second-order valence-electron chi connectivity index (χ2n) is 6.01. The van der Waals surface area contributed by atoms with Crippen LogP contribution in [0.4, 0.5) is 0 Å². The third-order valence-corrected chi connectivity index (χ3v) is 4.58. The van der Waals surface area contributed by atoms with Gasteiger partial charge >= 0.3 is 0 Å². The Morgan fingerprint density at radius 3 is 2.43 bits per heavy atom. The summed E-state index contributed by atoms with van der Waals surface area (Å²) in [6.45, 7) is 7.37. The summed E-state index contributed by atoms with van der Waals surface area (Å²) in [5, 5.41) is 0. The highest BCUT2D eigenvalue weighted by Crippen LogP contribution is 2.37. The maximum absolute atomic E-state index is 12.8. The minimum atomic E-state index is -0.0928. The molecule has 4 heteroatoms. The third kappa shape index (κ3) is 2.64. The molecule has 1 fully saturated rings. The van der Waals surface area contributed by atoms with Crippen molar-refractivity contribution in [1.29, 1.82) is 0 Å². The monoisotopic (exact) mass is 290 g/mol. The summed E-state index contributed by atoms with van der Waals surface area (Å²) < 4.78 is 17.1. The van der Waals surface area contributed by atoms with Crippen LogP contribution in [-0.2, 0) is 4.74 Å². The summed E-state index contributed by atoms with van der Waals surface area (Å²) in [5.74, 6) is 1.66. The molecule has 0 amide bonds. The van der Waals surface area contributed by atoms with Gasteiger partial charge < -0.3 is 14.2 Å². The van der Waals surface area contributed by atoms with Gasteiger partial charge in [0, 0.05) is 12.0 Å². The van der Waals surface area contributed by atoms with Gasteiger partial charge in [0.25, 0.3) is 0 Å². The van der Waals surface area contributed by atoms with E-state index < -0.39 is 0 Å². The number of ether oxygens (including phenoxy) is 3. The van der Waals surface area contributed by atoms with Gasteiger partial charge in [-0.1, -0.05) is 6.92 Å². The van der Waals surface area contributed by atoms with E-state index in [1.54, 1.807) is 0 Å². The van der Waals surface area contributed by atoms with E-state index in [1.165, 1.54) is 0 Å². The van der Waals surface area contributed by atoms with Crippen molar-refractivity contribution in [2.45, 2.75) is 39.4 Å². The lowest BCUT2D eigenvalue weighted by molar-refractivity contribution is 0.0491. The van der Waals surface area contributed by atoms with Crippen molar-refractivity contribution >= 4 is 5.78 Å². The zero-order valence-electron chi connectivity index (χ0n) is 12.8. The standard InChI is InChI=1S/C17H22O4/c1-10-11(2)21-12(3)16(10)17(18)13-5-6-14-15(9-13)20-8-4-7-19-14/h5-6,9-12,16H,4,7-8H2,1-3H3. The van der Waals surface area contributed by atoms with Gasteiger partial charge in [0.2, 0.25) is 0 Å². The molecule has 2 heterocycles. The molecule has 4 unspecified atom stereocenters. The first-order valence-corrected chi connectivity index (χ1v) is 7.67. The number of fused-ring (bicyclic) bond motifs is 1. The van der Waals surface area contributed by atoms with Crippen LogP contribution in [-0.4, -0.2) is 31.2 Å². The van der Waals surface area contributed by atoms with Crippen molar-refractivity contribution in [3.63, 3.8) is 0 Å². The molecule has 0 aromatic heterocycles. The van der Waals surface area contributed by atoms with Crippen LogP contribution in [0.15, 0.2) is 18.2 Å². The molecule has 2 aliphatic heterocycles. The Kier molecular flexibility index (Phi) is 3.89. The summed E-state index contributed by atoms with van der Waals surface area (Å²) in [5.41, 5.74) is 0.681. The normalized spacial score (nSPS) is 31.8. The van der Waals surface area contributed by atoms with E-state index >= 15 is 0 Å². The van der Waals surface area contributed by atoms with Crippen molar-refractivity contribution in [2.24, 2.45) is 11.8 Å². The van der Waals surface area contributed by atoms with E-state index in [9.17, 15) is 4.79 Å². The SMILES string of the molecule is CC1OC(C)C(C(=O)c2ccc3c(c2)OCCCO3)C1C. The van der Waals surface area contributed by atoms with Gasteiger partial charge in [-0.3, -0.25) is 4.79 Å². The van der Waals surface area contributed by atoms with Crippen molar-refractivity contribution in [1.82, 2.24) is 0 Å². The second kappa shape index (κ2) is 5.68. The predicted octanol–water partition coefficient (Wildman–Crippen LogP) is 3.09. The van der Waals surface area contributed by atoms with Gasteiger partial charge in [-0.2, -0.15) is 0 Å². The Hall–Kier alpha value is -1.55. The number of benzene rings is 1. The van der Waals surface area contributed by atoms with E-state index in [-0.39, 0.29) is 29.8 Å². The molecule has 2 aliphatic rings. The average Bonchev–Trinajstić information content (AvgIpc) is 2.66. The average molecular weight is 290 g/mol. The number of carbonyl (C=O) groups is 1. The highest BCUT2D eigenvalue weighted by Gasteiger charge is 2.41. The molecule has 0 aliphatic carbocycles. The van der Waals surface area contributed by atoms with Crippen molar-refractivity contribution in [3.8, 4) is 11.5 Å². The molecule has 114 valence electrons. The molecule has 3 rings (SSSR count). The van der Waals surface area contributed by atoms with Crippen molar-refractivity contribution in [2.75, 3.05) is 13.2 Å². The molecule has 0 radical (unpaired) electrons. The highest BCUT2D eigenvalue weighted by molar-refractivity contribution is 5.99. The Morgan fingerprint density at radius 1 is 1.05 bits per heavy atom. The molecule has 4 atom stereocenters. The summed E-state index contributed by atoms with van der Waals surface area (Å²) in [6.07, 6.45) is 0.938. The lowest BCUT2D eigenvalue weighted by atomic mass is 9.83. The first-order valence-electron chi connectivity index (χ1n) is 7.67. The Balaban J connectivity index is 1.87. The topological polar surface area (TPSA) is 44.8 Å². The lowest BCUT2D eigenvalue weighted by Crippen LogP contribution is -2.26. The first-order chi connectivity index (χ1) is 10.1. The van der Waals surface area contributed by atoms with E-state index in [0.29, 0.717) is 24.5 Å². The van der Waals surface area contributed by atoms with Crippen LogP contribution in [0.2, 0.25) is 0 Å². The first kappa shape index (κ1) is 14.4. The Labute approximate surface area is 125 Å². The molecular weight excluding hydrogens is 268 g/mol. The minimum absolute atomic E-state index is 0.0431. The molecule has 0 spiro atoms. The van der Waals surface area contributed by atoms with Gasteiger partial charge in [-0.15, -0.1) is 0 Å². The summed E-state index contributed by atoms with van der Waals surface area (Å²) in [7, 11) is 0. The highest BCUT2D eigenvalue weighted by atomic mass is 16.5. The molecule has 4 nitrogen and oxygen atoms in total. The summed E-state index contributed by atoms with van der Waals surface area (Å²) in [6, 6.07) is 5.48. The van der Waals surface area contributed by atoms with Crippen LogP contribution in [0.3, 0.4) is 0 Å². The minimum Gasteiger partial charge on any atom is -0.490 e. The van der Waals surface area contributed by atoms with Gasteiger partial charge in [0.05, 0.1) is 31.3 Å². The zero-order valence-corrected chi connectivity index (χ0v) is 12.8. The maximum Gasteiger partial charge on any atom is 0.169 e. The number of Topliss-reactive ketones (excluding diaryl/α,β-unsaturated/α-hetero) is 1. The van der Waals surface area contributed by atoms with Crippen LogP contribution >= 0.6 is 0 Å². The molecular formula is C17H22O4. The second-order valence-corrected chi connectivity index (χ2v) is 6.01. The predicted molar refractivity (Wildman–Crippen MR) is 79.0 cm³/mol. The molecule has 0 saturated carbocycles. The molecule has 1 aromatic carbocycles. The quantitative estimate of drug-likeness (QED) is 0.785. The van der Waals surface area contributed by atoms with Crippen LogP contribution in [0.1, 0.15) is 37.6 Å². The van der Waals surface area contributed by atoms with Crippen molar-refractivity contribution < 1.29 is 19.0 Å². The molecule has 21 heavy (non-hydrogen) atoms. The van der Waals surface area contributed by atoms with Gasteiger partial charge in [0.1, 0.15) is 0 Å². The smallest absolute Gasteiger partial charge is 0.169 e. The Bertz CT molecular complexity index is 540. The van der Waals surface area contributed by atoms with E-state index in [2.05, 4.69) is 6.92 Å². The van der Waals surface area contributed by atoms with E-state index in [4.69, 9.17) is 14.2 Å².